The summed E-state index contributed by atoms with van der Waals surface area (Å²) in [6.07, 6.45) is 32.5. The van der Waals surface area contributed by atoms with Crippen LogP contribution in [0.5, 0.6) is 0 Å². The van der Waals surface area contributed by atoms with Crippen molar-refractivity contribution in [3.05, 3.63) is 496 Å². The Hall–Kier alpha value is -15.0. The number of H-pyrrole nitrogens is 2. The molecule has 0 amide bonds. The second-order valence-electron chi connectivity index (χ2n) is 28.3. The first kappa shape index (κ1) is 127. The van der Waals surface area contributed by atoms with Gasteiger partial charge in [0.2, 0.25) is 0 Å². The van der Waals surface area contributed by atoms with Crippen LogP contribution in [0.15, 0.2) is 355 Å². The fraction of sp³-hybridized carbons (Fsp3) is 0.0561. The fourth-order valence-electron chi connectivity index (χ4n) is 10.9. The van der Waals surface area contributed by atoms with Crippen molar-refractivity contribution in [3.63, 3.8) is 0 Å². The second-order valence-corrected chi connectivity index (χ2v) is 28.3. The van der Waals surface area contributed by atoms with Crippen LogP contribution in [-0.2, 0) is 87.9 Å². The van der Waals surface area contributed by atoms with Crippen LogP contribution in [0.2, 0.25) is 0 Å². The molecule has 0 atom stereocenters. The maximum atomic E-state index is 13.5. The molecule has 0 aliphatic carbocycles. The molecular formula is C107H79Cl3F16Ir4N19O-2. The molecule has 20 rings (SSSR count). The van der Waals surface area contributed by atoms with Crippen LogP contribution >= 0.6 is 28.8 Å². The minimum Gasteiger partial charge on any atom is -0.351 e. The van der Waals surface area contributed by atoms with E-state index >= 15 is 0 Å². The molecule has 1 radical (unpaired) electrons. The number of aromatic nitrogens is 16. The number of nitriles is 1. The molecule has 3 N–H and O–H groups in total. The van der Waals surface area contributed by atoms with Gasteiger partial charge in [0.1, 0.15) is 0 Å². The van der Waals surface area contributed by atoms with Gasteiger partial charge in [-0.15, -0.1) is 97.1 Å². The monoisotopic (exact) mass is 2830 g/mol. The molecule has 0 spiro atoms. The molecule has 779 valence electrons. The van der Waals surface area contributed by atoms with E-state index in [1.807, 2.05) is 91.8 Å². The largest absolute Gasteiger partial charge is 0.351 e. The quantitative estimate of drug-likeness (QED) is 0.0654. The van der Waals surface area contributed by atoms with Gasteiger partial charge in [-0.25, -0.2) is 15.0 Å². The normalized spacial score (nSPS) is 9.43. The summed E-state index contributed by atoms with van der Waals surface area (Å²) in [7, 11) is 25.3. The van der Waals surface area contributed by atoms with Gasteiger partial charge < -0.3 is 68.9 Å². The van der Waals surface area contributed by atoms with Crippen LogP contribution in [0, 0.1) is 153 Å². The molecule has 0 aliphatic heterocycles. The van der Waals surface area contributed by atoms with Crippen molar-refractivity contribution in [1.29, 1.82) is 5.26 Å². The third-order valence-corrected chi connectivity index (χ3v) is 17.5. The Morgan fingerprint density at radius 2 is 0.513 bits per heavy atom. The summed E-state index contributed by atoms with van der Waals surface area (Å²) in [4.78, 5) is 49.5. The Balaban J connectivity index is 0.000000342. The van der Waals surface area contributed by atoms with Crippen molar-refractivity contribution >= 4 is 40.1 Å². The molecule has 0 saturated carbocycles. The zero-order valence-electron chi connectivity index (χ0n) is 78.6. The summed E-state index contributed by atoms with van der Waals surface area (Å²) in [5.74, 6) is -10.3. The molecule has 8 aromatic carbocycles. The van der Waals surface area contributed by atoms with Gasteiger partial charge in [-0.2, -0.15) is 10.4 Å². The number of anilines is 2. The first-order valence-corrected chi connectivity index (χ1v) is 50.7. The number of halogens is 19. The molecule has 0 bridgehead atoms. The van der Waals surface area contributed by atoms with Crippen molar-refractivity contribution in [2.45, 2.75) is 0 Å². The summed E-state index contributed by atoms with van der Waals surface area (Å²) in [5.41, 5.74) is 6.84. The minimum absolute atomic E-state index is 0. The van der Waals surface area contributed by atoms with E-state index in [9.17, 15) is 70.2 Å². The number of aromatic amines is 2. The minimum atomic E-state index is -0.659. The number of nitrogens with zero attached hydrogens (tertiary/aromatic N) is 17. The number of benzene rings is 8. The predicted molar refractivity (Wildman–Crippen MR) is 525 cm³/mol. The Bertz CT molecular complexity index is 6290. The summed E-state index contributed by atoms with van der Waals surface area (Å²) in [6, 6.07) is 75.0. The molecular weight excluding hydrogens is 2750 g/mol. The van der Waals surface area contributed by atoms with Crippen molar-refractivity contribution in [1.82, 2.24) is 79.1 Å². The van der Waals surface area contributed by atoms with Crippen LogP contribution in [0.3, 0.4) is 0 Å². The van der Waals surface area contributed by atoms with Crippen LogP contribution < -0.4 is 9.80 Å². The number of hydrogen-bond acceptors (Lipinski definition) is 16. The van der Waals surface area contributed by atoms with Gasteiger partial charge in [-0.3, -0.25) is 75.3 Å². The average Bonchev–Trinajstić information content (AvgIpc) is 0.908. The smallest absolute Gasteiger partial charge is 0.0919 e. The van der Waals surface area contributed by atoms with Gasteiger partial charge >= 0.3 is 82.4 Å². The van der Waals surface area contributed by atoms with Gasteiger partial charge in [0.05, 0.1) is 19.0 Å². The Kier molecular flexibility index (Phi) is 62.1. The Labute approximate surface area is 911 Å². The number of imidazole rings is 3. The van der Waals surface area contributed by atoms with Gasteiger partial charge in [0, 0.05) is 266 Å². The van der Waals surface area contributed by atoms with Gasteiger partial charge in [-0.05, 0) is 100 Å². The number of rotatable bonds is 10. The summed E-state index contributed by atoms with van der Waals surface area (Å²) in [6.45, 7) is 0. The third-order valence-electron chi connectivity index (χ3n) is 17.5. The van der Waals surface area contributed by atoms with Crippen LogP contribution in [0.1, 0.15) is 0 Å². The van der Waals surface area contributed by atoms with E-state index in [2.05, 4.69) is 147 Å². The molecule has 0 unspecified atom stereocenters. The zero-order valence-corrected chi connectivity index (χ0v) is 90.4. The molecule has 0 fully saturated rings. The van der Waals surface area contributed by atoms with E-state index in [4.69, 9.17) is 10.4 Å². The van der Waals surface area contributed by atoms with E-state index in [1.165, 1.54) is 53.7 Å². The van der Waals surface area contributed by atoms with Gasteiger partial charge in [-0.1, -0.05) is 178 Å². The molecule has 20 aromatic rings. The number of hydrogen-bond donors (Lipinski definition) is 3. The number of aryl methyl sites for hydroxylation is 2. The van der Waals surface area contributed by atoms with E-state index in [0.717, 1.165) is 115 Å². The molecule has 0 saturated heterocycles. The molecule has 150 heavy (non-hydrogen) atoms. The number of aliphatic hydroxyl groups is 1. The predicted octanol–water partition coefficient (Wildman–Crippen LogP) is 26.3. The van der Waals surface area contributed by atoms with E-state index in [1.54, 1.807) is 227 Å². The van der Waals surface area contributed by atoms with Crippen molar-refractivity contribution in [3.8, 4) is 96.3 Å². The zero-order chi connectivity index (χ0) is 109. The Morgan fingerprint density at radius 3 is 0.640 bits per heavy atom. The van der Waals surface area contributed by atoms with E-state index in [0.29, 0.717) is 45.6 Å². The number of nitrogens with one attached hydrogen (secondary N) is 2. The fourth-order valence-corrected chi connectivity index (χ4v) is 10.9. The molecule has 0 aliphatic rings. The topological polar surface area (TPSA) is 247 Å². The summed E-state index contributed by atoms with van der Waals surface area (Å²) in [5, 5.41) is 20.0. The SMILES string of the molecule is CN(C)c1ccnc(-c2[c-]cc(F)cc2F)c1.CN(C)c1ccnc(-c2[c-]cc(F)cc2F)c1.Cn1ccnc1.Cn1ccnc1.Fc1c[c-]c(-c2ccccn2)c(F)c1.Fc1c[c-]c(-c2ccccn2)c(F)c1.Fc1c[c-]c(-c2ccccn2)c(F)c1.Fc1c[c-]c(-c2ccccn2)c(F)c1.Fc1c[c-]c(-c2ccccn2)c(F)c1.Fc1c[c-]c(-c2ccccn2)c(F)c1.N#CO.[Cl][Ir+2].[Cl][Ir+2].[Cl][Ir+2].[Ir].c1c[nH]cn1.c1cn[nH]c1. The van der Waals surface area contributed by atoms with Crippen molar-refractivity contribution < 1.29 is 149 Å². The molecule has 20 nitrogen and oxygen atoms in total. The first-order valence-electron chi connectivity index (χ1n) is 41.8. The van der Waals surface area contributed by atoms with Crippen LogP contribution in [-0.4, -0.2) is 112 Å². The maximum absolute atomic E-state index is 13.5. The van der Waals surface area contributed by atoms with E-state index in [-0.39, 0.29) is 64.6 Å². The summed E-state index contributed by atoms with van der Waals surface area (Å²) < 4.78 is 211. The third kappa shape index (κ3) is 47.5. The first-order chi connectivity index (χ1) is 72.0. The van der Waals surface area contributed by atoms with E-state index < -0.39 is 93.1 Å². The van der Waals surface area contributed by atoms with Crippen molar-refractivity contribution in [2.75, 3.05) is 38.0 Å². The number of pyridine rings is 8. The standard InChI is InChI=1S/2C13H11F2N2.6C11H6F2N.2C4H6N2.2C3H4N2.CHNO.3ClH.4Ir/c2*1-17(2)10-5-6-16-13(8-10)11-4-3-9(14)7-12(11)15;6*12-8-4-5-9(10(13)7-8)11-3-1-2-6-14-11;2*1-6-3-2-5-4-6;1-2-5-3-4-1;1-2-4-5-3-1;2-1-3;;;;;;;/h2*3,5-8H,1-2H3;6*1-4,6-7H;2*2-4H,1H3;2*1-3H,(H,4,5);3H;3*1H;;;;/q8*-1;;;;;;;;;;3*+3/p-3. The molecule has 12 aromatic heterocycles. The van der Waals surface area contributed by atoms with Crippen molar-refractivity contribution in [2.24, 2.45) is 14.1 Å². The maximum Gasteiger partial charge on any atom is 0.0919 e. The van der Waals surface area contributed by atoms with Crippen LogP contribution in [0.25, 0.3) is 90.1 Å². The van der Waals surface area contributed by atoms with Crippen LogP contribution in [0.4, 0.5) is 81.6 Å². The van der Waals surface area contributed by atoms with Gasteiger partial charge in [0.15, 0.2) is 0 Å². The molecule has 12 heterocycles. The Morgan fingerprint density at radius 1 is 0.293 bits per heavy atom. The second kappa shape index (κ2) is 73.2. The van der Waals surface area contributed by atoms with Gasteiger partial charge in [0.25, 0.3) is 6.26 Å². The molecule has 43 heteroatoms. The summed E-state index contributed by atoms with van der Waals surface area (Å²) >= 11 is 4.42. The number of aliphatic hydroxyl groups excluding tert-OH is 1. The average molecular weight is 2830 g/mol.